The van der Waals surface area contributed by atoms with E-state index >= 15 is 0 Å². The smallest absolute Gasteiger partial charge is 0.257 e. The molecule has 7 nitrogen and oxygen atoms in total. The topological polar surface area (TPSA) is 93.1 Å². The molecule has 1 unspecified atom stereocenters. The van der Waals surface area contributed by atoms with Gasteiger partial charge < -0.3 is 19.5 Å². The minimum absolute atomic E-state index is 0.000821. The first-order valence-electron chi connectivity index (χ1n) is 11.6. The molecule has 0 aromatic heterocycles. The van der Waals surface area contributed by atoms with Crippen molar-refractivity contribution in [2.75, 3.05) is 19.3 Å². The molecular formula is C27H27NO6S. The Kier molecular flexibility index (Phi) is 6.25. The quantitative estimate of drug-likeness (QED) is 0.584. The molecule has 8 heteroatoms. The number of piperidine rings is 1. The van der Waals surface area contributed by atoms with Crippen LogP contribution in [0.4, 0.5) is 0 Å². The highest BCUT2D eigenvalue weighted by Crippen LogP contribution is 2.35. The van der Waals surface area contributed by atoms with Crippen molar-refractivity contribution in [1.82, 2.24) is 4.90 Å². The van der Waals surface area contributed by atoms with Gasteiger partial charge in [-0.1, -0.05) is 30.3 Å². The molecule has 5 rings (SSSR count). The molecule has 1 amide bonds. The van der Waals surface area contributed by atoms with E-state index in [0.29, 0.717) is 30.2 Å². The number of aromatic hydroxyl groups is 1. The van der Waals surface area contributed by atoms with E-state index in [1.54, 1.807) is 47.4 Å². The maximum Gasteiger partial charge on any atom is 0.257 e. The first kappa shape index (κ1) is 23.4. The van der Waals surface area contributed by atoms with E-state index in [1.807, 2.05) is 18.2 Å². The number of fused-ring (bicyclic) bond motifs is 1. The number of phenols is 1. The van der Waals surface area contributed by atoms with Crippen molar-refractivity contribution < 1.29 is 27.8 Å². The number of sulfone groups is 1. The third-order valence-corrected chi connectivity index (χ3v) is 7.80. The highest BCUT2D eigenvalue weighted by Gasteiger charge is 2.33. The van der Waals surface area contributed by atoms with Gasteiger partial charge in [-0.25, -0.2) is 8.42 Å². The van der Waals surface area contributed by atoms with Crippen LogP contribution in [0, 0.1) is 5.92 Å². The number of phenolic OH excluding ortho intramolecular Hbond substituents is 1. The van der Waals surface area contributed by atoms with Crippen LogP contribution in [-0.4, -0.2) is 50.0 Å². The van der Waals surface area contributed by atoms with Gasteiger partial charge in [0.15, 0.2) is 9.84 Å². The molecule has 2 heterocycles. The molecule has 3 aromatic rings. The van der Waals surface area contributed by atoms with Crippen LogP contribution in [0.25, 0.3) is 11.1 Å². The fourth-order valence-electron chi connectivity index (χ4n) is 4.64. The second-order valence-corrected chi connectivity index (χ2v) is 11.1. The van der Waals surface area contributed by atoms with Crippen LogP contribution in [0.1, 0.15) is 28.8 Å². The third-order valence-electron chi connectivity index (χ3n) is 6.67. The van der Waals surface area contributed by atoms with E-state index in [1.165, 1.54) is 12.3 Å². The van der Waals surface area contributed by atoms with Crippen LogP contribution < -0.4 is 4.74 Å². The van der Waals surface area contributed by atoms with E-state index in [0.717, 1.165) is 35.3 Å². The highest BCUT2D eigenvalue weighted by atomic mass is 32.2. The van der Waals surface area contributed by atoms with Gasteiger partial charge in [-0.3, -0.25) is 4.79 Å². The fourth-order valence-corrected chi connectivity index (χ4v) is 5.27. The Bertz CT molecular complexity index is 1340. The second kappa shape index (κ2) is 9.36. The molecule has 1 N–H and O–H groups in total. The zero-order valence-electron chi connectivity index (χ0n) is 19.4. The van der Waals surface area contributed by atoms with Crippen molar-refractivity contribution in [2.45, 2.75) is 30.6 Å². The van der Waals surface area contributed by atoms with E-state index in [4.69, 9.17) is 9.47 Å². The number of para-hydroxylation sites is 1. The van der Waals surface area contributed by atoms with E-state index in [-0.39, 0.29) is 23.9 Å². The maximum atomic E-state index is 12.8. The summed E-state index contributed by atoms with van der Waals surface area (Å²) in [6.07, 6.45) is 2.33. The van der Waals surface area contributed by atoms with Gasteiger partial charge in [0.25, 0.3) is 5.91 Å². The second-order valence-electron chi connectivity index (χ2n) is 9.06. The number of benzene rings is 3. The molecule has 1 atom stereocenters. The summed E-state index contributed by atoms with van der Waals surface area (Å²) in [7, 11) is -3.23. The van der Waals surface area contributed by atoms with Crippen molar-refractivity contribution in [1.29, 1.82) is 0 Å². The van der Waals surface area contributed by atoms with Gasteiger partial charge in [0, 0.05) is 30.8 Å². The number of hydrogen-bond donors (Lipinski definition) is 1. The molecule has 1 fully saturated rings. The lowest BCUT2D eigenvalue weighted by molar-refractivity contribution is -0.148. The van der Waals surface area contributed by atoms with Crippen molar-refractivity contribution in [3.05, 3.63) is 77.9 Å². The number of nitrogens with zero attached hydrogens (tertiary/aromatic N) is 1. The number of likely N-dealkylation sites (tertiary alicyclic amines) is 1. The Morgan fingerprint density at radius 2 is 1.66 bits per heavy atom. The Morgan fingerprint density at radius 3 is 2.34 bits per heavy atom. The van der Waals surface area contributed by atoms with Crippen LogP contribution >= 0.6 is 0 Å². The summed E-state index contributed by atoms with van der Waals surface area (Å²) >= 11 is 0. The summed E-state index contributed by atoms with van der Waals surface area (Å²) in [5.41, 5.74) is 3.15. The van der Waals surface area contributed by atoms with Crippen molar-refractivity contribution in [2.24, 2.45) is 5.92 Å². The standard InChI is InChI=1S/C27H27NO6S/c1-35(31,32)22-9-6-18(7-10-22)20-8-11-25-21(16-20)17-33-27(34-25)19-12-14-28(15-13-19)26(30)23-4-2-3-5-24(23)29/h2-11,16,19,27,29H,12-15,17H2,1H3. The average Bonchev–Trinajstić information content (AvgIpc) is 2.88. The van der Waals surface area contributed by atoms with Crippen LogP contribution in [0.15, 0.2) is 71.6 Å². The zero-order valence-corrected chi connectivity index (χ0v) is 20.2. The SMILES string of the molecule is CS(=O)(=O)c1ccc(-c2ccc3c(c2)COC(C2CCN(C(=O)c4ccccc4O)CC2)O3)cc1. The van der Waals surface area contributed by atoms with Crippen LogP contribution in [0.5, 0.6) is 11.5 Å². The fraction of sp³-hybridized carbons (Fsp3) is 0.296. The maximum absolute atomic E-state index is 12.8. The van der Waals surface area contributed by atoms with E-state index < -0.39 is 9.84 Å². The Morgan fingerprint density at radius 1 is 0.971 bits per heavy atom. The van der Waals surface area contributed by atoms with E-state index in [9.17, 15) is 18.3 Å². The molecule has 182 valence electrons. The lowest BCUT2D eigenvalue weighted by atomic mass is 9.94. The Labute approximate surface area is 204 Å². The first-order chi connectivity index (χ1) is 16.8. The molecule has 35 heavy (non-hydrogen) atoms. The molecule has 0 spiro atoms. The summed E-state index contributed by atoms with van der Waals surface area (Å²) < 4.78 is 35.6. The van der Waals surface area contributed by atoms with Crippen LogP contribution in [-0.2, 0) is 21.2 Å². The zero-order chi connectivity index (χ0) is 24.6. The average molecular weight is 494 g/mol. The minimum atomic E-state index is -3.23. The Hall–Kier alpha value is -3.36. The largest absolute Gasteiger partial charge is 0.507 e. The molecule has 0 bridgehead atoms. The van der Waals surface area contributed by atoms with Crippen molar-refractivity contribution in [3.63, 3.8) is 0 Å². The van der Waals surface area contributed by atoms with Crippen molar-refractivity contribution in [3.8, 4) is 22.6 Å². The van der Waals surface area contributed by atoms with Gasteiger partial charge in [0.1, 0.15) is 11.5 Å². The highest BCUT2D eigenvalue weighted by molar-refractivity contribution is 7.90. The Balaban J connectivity index is 1.22. The predicted octanol–water partition coefficient (Wildman–Crippen LogP) is 4.25. The molecular weight excluding hydrogens is 466 g/mol. The molecule has 0 saturated carbocycles. The number of carbonyl (C=O) groups excluding carboxylic acids is 1. The van der Waals surface area contributed by atoms with Gasteiger partial charge >= 0.3 is 0 Å². The summed E-state index contributed by atoms with van der Waals surface area (Å²) in [4.78, 5) is 14.8. The van der Waals surface area contributed by atoms with Gasteiger partial charge in [-0.15, -0.1) is 0 Å². The summed E-state index contributed by atoms with van der Waals surface area (Å²) in [5.74, 6) is 0.792. The van der Waals surface area contributed by atoms with Gasteiger partial charge in [0.2, 0.25) is 6.29 Å². The molecule has 1 saturated heterocycles. The lowest BCUT2D eigenvalue weighted by Crippen LogP contribution is -2.44. The van der Waals surface area contributed by atoms with E-state index in [2.05, 4.69) is 0 Å². The van der Waals surface area contributed by atoms with Gasteiger partial charge in [-0.05, 0) is 60.4 Å². The summed E-state index contributed by atoms with van der Waals surface area (Å²) in [6.45, 7) is 1.58. The summed E-state index contributed by atoms with van der Waals surface area (Å²) in [6, 6.07) is 19.3. The van der Waals surface area contributed by atoms with Gasteiger partial charge in [0.05, 0.1) is 17.1 Å². The number of carbonyl (C=O) groups is 1. The molecule has 0 radical (unpaired) electrons. The third kappa shape index (κ3) is 4.90. The van der Waals surface area contributed by atoms with Gasteiger partial charge in [-0.2, -0.15) is 0 Å². The van der Waals surface area contributed by atoms with Crippen LogP contribution in [0.3, 0.4) is 0 Å². The molecule has 0 aliphatic carbocycles. The lowest BCUT2D eigenvalue weighted by Gasteiger charge is -2.37. The number of ether oxygens (including phenoxy) is 2. The number of hydrogen-bond acceptors (Lipinski definition) is 6. The minimum Gasteiger partial charge on any atom is -0.507 e. The number of amides is 1. The number of rotatable bonds is 4. The predicted molar refractivity (Wildman–Crippen MR) is 131 cm³/mol. The molecule has 3 aromatic carbocycles. The van der Waals surface area contributed by atoms with Crippen LogP contribution in [0.2, 0.25) is 0 Å². The molecule has 2 aliphatic heterocycles. The monoisotopic (exact) mass is 493 g/mol. The van der Waals surface area contributed by atoms with Crippen molar-refractivity contribution >= 4 is 15.7 Å². The first-order valence-corrected chi connectivity index (χ1v) is 13.5. The molecule has 2 aliphatic rings. The normalized spacial score (nSPS) is 18.5. The summed E-state index contributed by atoms with van der Waals surface area (Å²) in [5, 5.41) is 9.99.